The van der Waals surface area contributed by atoms with E-state index < -0.39 is 0 Å². The molecule has 2 aromatic rings. The maximum atomic E-state index is 12.7. The summed E-state index contributed by atoms with van der Waals surface area (Å²) >= 11 is 0. The Bertz CT molecular complexity index is 844. The lowest BCUT2D eigenvalue weighted by Crippen LogP contribution is -2.26. The first-order chi connectivity index (χ1) is 13.2. The summed E-state index contributed by atoms with van der Waals surface area (Å²) in [5.74, 6) is 0.703. The number of unbranched alkanes of at least 4 members (excludes halogenated alkanes) is 1. The van der Waals surface area contributed by atoms with Gasteiger partial charge >= 0.3 is 0 Å². The molecule has 1 aliphatic heterocycles. The second-order valence-electron chi connectivity index (χ2n) is 7.10. The van der Waals surface area contributed by atoms with Gasteiger partial charge in [0.25, 0.3) is 11.5 Å². The summed E-state index contributed by atoms with van der Waals surface area (Å²) in [6.45, 7) is 4.87. The number of nitrogens with zero attached hydrogens (tertiary/aromatic N) is 2. The number of aromatic nitrogens is 2. The lowest BCUT2D eigenvalue weighted by atomic mass is 10.1. The van der Waals surface area contributed by atoms with Crippen molar-refractivity contribution >= 4 is 16.8 Å². The number of hydrogen-bond donors (Lipinski definition) is 1. The molecule has 6 nitrogen and oxygen atoms in total. The molecule has 0 atom stereocenters. The van der Waals surface area contributed by atoms with Gasteiger partial charge in [-0.1, -0.05) is 19.8 Å². The maximum Gasteiger partial charge on any atom is 0.261 e. The molecule has 1 aromatic carbocycles. The zero-order valence-corrected chi connectivity index (χ0v) is 16.1. The number of carbonyl (C=O) groups is 1. The number of ether oxygens (including phenoxy) is 1. The third kappa shape index (κ3) is 4.95. The zero-order chi connectivity index (χ0) is 19.1. The molecule has 0 spiro atoms. The lowest BCUT2D eigenvalue weighted by molar-refractivity contribution is 0.0940. The first-order valence-electron chi connectivity index (χ1n) is 10.1. The van der Waals surface area contributed by atoms with Gasteiger partial charge in [0.2, 0.25) is 0 Å². The van der Waals surface area contributed by atoms with Crippen LogP contribution in [-0.2, 0) is 17.7 Å². The molecule has 0 saturated carbocycles. The van der Waals surface area contributed by atoms with Crippen molar-refractivity contribution in [1.82, 2.24) is 14.9 Å². The first kappa shape index (κ1) is 19.5. The number of carbonyl (C=O) groups excluding carboxylic acids is 1. The van der Waals surface area contributed by atoms with Crippen LogP contribution in [0.3, 0.4) is 0 Å². The number of benzene rings is 1. The zero-order valence-electron chi connectivity index (χ0n) is 16.1. The van der Waals surface area contributed by atoms with E-state index in [2.05, 4.69) is 17.2 Å². The van der Waals surface area contributed by atoms with Crippen molar-refractivity contribution in [3.05, 3.63) is 39.9 Å². The summed E-state index contributed by atoms with van der Waals surface area (Å²) in [7, 11) is 0. The quantitative estimate of drug-likeness (QED) is 0.724. The smallest absolute Gasteiger partial charge is 0.261 e. The molecule has 3 rings (SSSR count). The Kier molecular flexibility index (Phi) is 6.98. The second-order valence-corrected chi connectivity index (χ2v) is 7.10. The van der Waals surface area contributed by atoms with Crippen molar-refractivity contribution < 1.29 is 9.53 Å². The molecule has 1 aliphatic rings. The molecule has 2 heterocycles. The lowest BCUT2D eigenvalue weighted by Gasteiger charge is -2.11. The minimum Gasteiger partial charge on any atom is -0.381 e. The molecule has 1 amide bonds. The van der Waals surface area contributed by atoms with E-state index in [4.69, 9.17) is 4.74 Å². The number of fused-ring (bicyclic) bond motifs is 2. The van der Waals surface area contributed by atoms with Gasteiger partial charge in [-0.25, -0.2) is 4.98 Å². The minimum absolute atomic E-state index is 0.00749. The minimum atomic E-state index is -0.137. The molecule has 0 radical (unpaired) electrons. The van der Waals surface area contributed by atoms with Crippen LogP contribution < -0.4 is 10.9 Å². The summed E-state index contributed by atoms with van der Waals surface area (Å²) in [6, 6.07) is 5.17. The van der Waals surface area contributed by atoms with E-state index in [9.17, 15) is 9.59 Å². The number of amides is 1. The summed E-state index contributed by atoms with van der Waals surface area (Å²) in [6.07, 6.45) is 6.99. The van der Waals surface area contributed by atoms with Crippen molar-refractivity contribution in [2.75, 3.05) is 19.8 Å². The van der Waals surface area contributed by atoms with Crippen molar-refractivity contribution in [2.24, 2.45) is 0 Å². The molecule has 6 heteroatoms. The van der Waals surface area contributed by atoms with Crippen LogP contribution in [0.15, 0.2) is 23.0 Å². The molecule has 0 unspecified atom stereocenters. The van der Waals surface area contributed by atoms with Crippen LogP contribution in [-0.4, -0.2) is 35.2 Å². The SMILES string of the molecule is CCCCOCCCNC(=O)c1ccc2c(=O)n3c(nc2c1)CCCCC3. The number of aryl methyl sites for hydroxylation is 1. The molecule has 27 heavy (non-hydrogen) atoms. The Hall–Kier alpha value is -2.21. The highest BCUT2D eigenvalue weighted by molar-refractivity contribution is 5.97. The van der Waals surface area contributed by atoms with Crippen LogP contribution in [0, 0.1) is 0 Å². The molecular formula is C21H29N3O3. The Morgan fingerprint density at radius 3 is 2.93 bits per heavy atom. The van der Waals surface area contributed by atoms with Crippen molar-refractivity contribution in [3.63, 3.8) is 0 Å². The summed E-state index contributed by atoms with van der Waals surface area (Å²) < 4.78 is 7.30. The molecule has 0 saturated heterocycles. The third-order valence-corrected chi connectivity index (χ3v) is 4.97. The van der Waals surface area contributed by atoms with E-state index in [0.29, 0.717) is 29.6 Å². The largest absolute Gasteiger partial charge is 0.381 e. The van der Waals surface area contributed by atoms with Gasteiger partial charge in [0.15, 0.2) is 0 Å². The fraction of sp³-hybridized carbons (Fsp3) is 0.571. The maximum absolute atomic E-state index is 12.7. The summed E-state index contributed by atoms with van der Waals surface area (Å²) in [5.41, 5.74) is 1.16. The van der Waals surface area contributed by atoms with E-state index in [-0.39, 0.29) is 11.5 Å². The molecule has 1 aromatic heterocycles. The number of rotatable bonds is 8. The highest BCUT2D eigenvalue weighted by Gasteiger charge is 2.15. The first-order valence-corrected chi connectivity index (χ1v) is 10.1. The molecule has 0 aliphatic carbocycles. The average molecular weight is 371 g/mol. The molecule has 0 bridgehead atoms. The summed E-state index contributed by atoms with van der Waals surface area (Å²) in [5, 5.41) is 3.50. The monoisotopic (exact) mass is 371 g/mol. The Balaban J connectivity index is 1.65. The average Bonchev–Trinajstić information content (AvgIpc) is 2.92. The van der Waals surface area contributed by atoms with Gasteiger partial charge in [0.05, 0.1) is 10.9 Å². The topological polar surface area (TPSA) is 73.2 Å². The highest BCUT2D eigenvalue weighted by Crippen LogP contribution is 2.16. The van der Waals surface area contributed by atoms with Crippen molar-refractivity contribution in [3.8, 4) is 0 Å². The van der Waals surface area contributed by atoms with Gasteiger partial charge in [-0.15, -0.1) is 0 Å². The fourth-order valence-corrected chi connectivity index (χ4v) is 3.39. The molecule has 146 valence electrons. The Morgan fingerprint density at radius 2 is 2.07 bits per heavy atom. The van der Waals surface area contributed by atoms with Crippen LogP contribution in [0.2, 0.25) is 0 Å². The van der Waals surface area contributed by atoms with Crippen molar-refractivity contribution in [1.29, 1.82) is 0 Å². The van der Waals surface area contributed by atoms with Gasteiger partial charge in [-0.3, -0.25) is 14.2 Å². The predicted octanol–water partition coefficient (Wildman–Crippen LogP) is 3.06. The van der Waals surface area contributed by atoms with E-state index in [1.54, 1.807) is 22.8 Å². The van der Waals surface area contributed by atoms with Crippen molar-refractivity contribution in [2.45, 2.75) is 58.4 Å². The highest BCUT2D eigenvalue weighted by atomic mass is 16.5. The molecular weight excluding hydrogens is 342 g/mol. The van der Waals surface area contributed by atoms with E-state index in [1.807, 2.05) is 0 Å². The van der Waals surface area contributed by atoms with E-state index in [0.717, 1.165) is 63.9 Å². The van der Waals surface area contributed by atoms with Crippen LogP contribution in [0.1, 0.15) is 61.6 Å². The molecule has 0 fully saturated rings. The van der Waals surface area contributed by atoms with Gasteiger partial charge in [0.1, 0.15) is 5.82 Å². The van der Waals surface area contributed by atoms with Gasteiger partial charge in [-0.2, -0.15) is 0 Å². The Morgan fingerprint density at radius 1 is 1.22 bits per heavy atom. The number of nitrogens with one attached hydrogen (secondary N) is 1. The second kappa shape index (κ2) is 9.65. The van der Waals surface area contributed by atoms with Gasteiger partial charge in [-0.05, 0) is 43.9 Å². The molecule has 1 N–H and O–H groups in total. The van der Waals surface area contributed by atoms with Gasteiger partial charge in [0, 0.05) is 38.3 Å². The normalized spacial score (nSPS) is 14.0. The van der Waals surface area contributed by atoms with E-state index in [1.165, 1.54) is 0 Å². The van der Waals surface area contributed by atoms with Crippen LogP contribution in [0.25, 0.3) is 10.9 Å². The standard InChI is InChI=1S/C21H29N3O3/c1-2-3-13-27-14-7-11-22-20(25)16-9-10-17-18(15-16)23-19-8-5-4-6-12-24(19)21(17)26/h9-10,15H,2-8,11-14H2,1H3,(H,22,25). The summed E-state index contributed by atoms with van der Waals surface area (Å²) in [4.78, 5) is 29.8. The van der Waals surface area contributed by atoms with Crippen LogP contribution in [0.5, 0.6) is 0 Å². The van der Waals surface area contributed by atoms with E-state index >= 15 is 0 Å². The van der Waals surface area contributed by atoms with Crippen LogP contribution >= 0.6 is 0 Å². The van der Waals surface area contributed by atoms with Crippen LogP contribution in [0.4, 0.5) is 0 Å². The number of hydrogen-bond acceptors (Lipinski definition) is 4. The Labute approximate surface area is 159 Å². The predicted molar refractivity (Wildman–Crippen MR) is 106 cm³/mol. The fourth-order valence-electron chi connectivity index (χ4n) is 3.39. The third-order valence-electron chi connectivity index (χ3n) is 4.97. The van der Waals surface area contributed by atoms with Gasteiger partial charge < -0.3 is 10.1 Å².